The number of likely N-dealkylation sites (tertiary alicyclic amines) is 1. The number of carboxylic acids is 1. The molecule has 1 aromatic heterocycles. The molecule has 1 saturated heterocycles. The van der Waals surface area contributed by atoms with E-state index in [1.165, 1.54) is 11.3 Å². The van der Waals surface area contributed by atoms with Crippen LogP contribution in [0.25, 0.3) is 0 Å². The fourth-order valence-corrected chi connectivity index (χ4v) is 6.22. The van der Waals surface area contributed by atoms with Gasteiger partial charge in [0.2, 0.25) is 0 Å². The summed E-state index contributed by atoms with van der Waals surface area (Å²) in [6, 6.07) is 9.58. The van der Waals surface area contributed by atoms with Crippen molar-refractivity contribution in [3.63, 3.8) is 0 Å². The van der Waals surface area contributed by atoms with E-state index < -0.39 is 11.6 Å². The molecule has 2 heterocycles. The number of halogens is 1. The number of aliphatic carboxylic acids is 1. The normalized spacial score (nSPS) is 25.7. The minimum Gasteiger partial charge on any atom is -0.480 e. The molecule has 0 spiro atoms. The van der Waals surface area contributed by atoms with Gasteiger partial charge < -0.3 is 19.5 Å². The molecule has 1 amide bonds. The van der Waals surface area contributed by atoms with Crippen LogP contribution in [0.2, 0.25) is 0 Å². The first-order valence-electron chi connectivity index (χ1n) is 9.92. The lowest BCUT2D eigenvalue weighted by molar-refractivity contribution is -0.192. The minimum atomic E-state index is -1.01. The second-order valence-electron chi connectivity index (χ2n) is 7.72. The summed E-state index contributed by atoms with van der Waals surface area (Å²) >= 11 is 4.87. The van der Waals surface area contributed by atoms with Gasteiger partial charge in [-0.3, -0.25) is 0 Å². The van der Waals surface area contributed by atoms with Crippen molar-refractivity contribution < 1.29 is 24.2 Å². The molecule has 4 rings (SSSR count). The molecule has 1 aliphatic heterocycles. The van der Waals surface area contributed by atoms with E-state index in [1.807, 2.05) is 35.7 Å². The fourth-order valence-electron chi connectivity index (χ4n) is 4.65. The highest BCUT2D eigenvalue weighted by Crippen LogP contribution is 2.52. The van der Waals surface area contributed by atoms with E-state index in [0.717, 1.165) is 29.8 Å². The van der Waals surface area contributed by atoms with Crippen LogP contribution in [-0.4, -0.2) is 46.7 Å². The SMILES string of the molecule is O=C(O)COC1(c2nc(Br)cs2)C2CCCC1CN(C(=O)OCc1ccccc1)C2. The van der Waals surface area contributed by atoms with Crippen molar-refractivity contribution in [1.29, 1.82) is 0 Å². The molecule has 30 heavy (non-hydrogen) atoms. The van der Waals surface area contributed by atoms with Gasteiger partial charge in [-0.05, 0) is 34.3 Å². The third-order valence-electron chi connectivity index (χ3n) is 5.91. The summed E-state index contributed by atoms with van der Waals surface area (Å²) in [5, 5.41) is 11.9. The molecular weight excluding hydrogens is 472 g/mol. The van der Waals surface area contributed by atoms with Gasteiger partial charge in [-0.25, -0.2) is 14.6 Å². The molecule has 2 aromatic rings. The maximum atomic E-state index is 12.8. The summed E-state index contributed by atoms with van der Waals surface area (Å²) in [5.41, 5.74) is 0.151. The number of thiazole rings is 1. The van der Waals surface area contributed by atoms with E-state index in [9.17, 15) is 14.7 Å². The van der Waals surface area contributed by atoms with Gasteiger partial charge in [0.1, 0.15) is 28.4 Å². The van der Waals surface area contributed by atoms with Crippen molar-refractivity contribution in [3.05, 3.63) is 50.9 Å². The first-order chi connectivity index (χ1) is 14.5. The smallest absolute Gasteiger partial charge is 0.410 e. The average Bonchev–Trinajstić information content (AvgIpc) is 3.17. The molecular formula is C21H23BrN2O5S. The fraction of sp³-hybridized carbons (Fsp3) is 0.476. The van der Waals surface area contributed by atoms with Crippen LogP contribution in [0.4, 0.5) is 4.79 Å². The maximum Gasteiger partial charge on any atom is 0.410 e. The summed E-state index contributed by atoms with van der Waals surface area (Å²) in [4.78, 5) is 30.4. The van der Waals surface area contributed by atoms with E-state index in [0.29, 0.717) is 17.7 Å². The summed E-state index contributed by atoms with van der Waals surface area (Å²) < 4.78 is 12.4. The number of carbonyl (C=O) groups excluding carboxylic acids is 1. The zero-order chi connectivity index (χ0) is 21.1. The number of hydrogen-bond acceptors (Lipinski definition) is 6. The Morgan fingerprint density at radius 1 is 1.23 bits per heavy atom. The van der Waals surface area contributed by atoms with Crippen molar-refractivity contribution >= 4 is 39.3 Å². The van der Waals surface area contributed by atoms with E-state index >= 15 is 0 Å². The first-order valence-corrected chi connectivity index (χ1v) is 11.6. The molecule has 2 unspecified atom stereocenters. The summed E-state index contributed by atoms with van der Waals surface area (Å²) in [6.07, 6.45) is 2.36. The number of amides is 1. The molecule has 1 saturated carbocycles. The molecule has 9 heteroatoms. The van der Waals surface area contributed by atoms with Crippen LogP contribution >= 0.6 is 27.3 Å². The molecule has 1 aromatic carbocycles. The van der Waals surface area contributed by atoms with Crippen LogP contribution in [0, 0.1) is 11.8 Å². The molecule has 0 radical (unpaired) electrons. The largest absolute Gasteiger partial charge is 0.480 e. The number of hydrogen-bond donors (Lipinski definition) is 1. The Morgan fingerprint density at radius 3 is 2.53 bits per heavy atom. The quantitative estimate of drug-likeness (QED) is 0.644. The molecule has 2 bridgehead atoms. The van der Waals surface area contributed by atoms with Crippen molar-refractivity contribution in [1.82, 2.24) is 9.88 Å². The lowest BCUT2D eigenvalue weighted by atomic mass is 9.65. The Morgan fingerprint density at radius 2 is 1.93 bits per heavy atom. The standard InChI is InChI=1S/C21H23BrN2O5S/c22-17-13-30-19(23-17)21(29-12-18(25)26)15-7-4-8-16(21)10-24(9-15)20(27)28-11-14-5-2-1-3-6-14/h1-3,5-6,13,15-16H,4,7-12H2,(H,25,26). The van der Waals surface area contributed by atoms with Crippen LogP contribution in [0.3, 0.4) is 0 Å². The monoisotopic (exact) mass is 494 g/mol. The van der Waals surface area contributed by atoms with Crippen molar-refractivity contribution in [2.24, 2.45) is 11.8 Å². The lowest BCUT2D eigenvalue weighted by Gasteiger charge is -2.53. The van der Waals surface area contributed by atoms with Crippen molar-refractivity contribution in [3.8, 4) is 0 Å². The number of carbonyl (C=O) groups is 2. The molecule has 1 N–H and O–H groups in total. The summed E-state index contributed by atoms with van der Waals surface area (Å²) in [5.74, 6) is -1.08. The van der Waals surface area contributed by atoms with E-state index in [-0.39, 0.29) is 31.1 Å². The van der Waals surface area contributed by atoms with Gasteiger partial charge in [-0.2, -0.15) is 0 Å². The first kappa shape index (κ1) is 21.3. The maximum absolute atomic E-state index is 12.8. The number of carboxylic acid groups (broad SMARTS) is 1. The van der Waals surface area contributed by atoms with E-state index in [1.54, 1.807) is 4.90 Å². The van der Waals surface area contributed by atoms with Gasteiger partial charge in [0.15, 0.2) is 0 Å². The Labute approximate surface area is 187 Å². The highest BCUT2D eigenvalue weighted by molar-refractivity contribution is 9.10. The number of fused-ring (bicyclic) bond motifs is 2. The van der Waals surface area contributed by atoms with Gasteiger partial charge in [0.05, 0.1) is 0 Å². The third kappa shape index (κ3) is 4.24. The Bertz CT molecular complexity index is 892. The number of nitrogens with zero attached hydrogens (tertiary/aromatic N) is 2. The topological polar surface area (TPSA) is 89.0 Å². The second kappa shape index (κ2) is 9.03. The Balaban J connectivity index is 1.53. The molecule has 160 valence electrons. The highest BCUT2D eigenvalue weighted by Gasteiger charge is 2.56. The van der Waals surface area contributed by atoms with Gasteiger partial charge in [0, 0.05) is 30.3 Å². The van der Waals surface area contributed by atoms with Gasteiger partial charge in [-0.15, -0.1) is 11.3 Å². The number of aromatic nitrogens is 1. The van der Waals surface area contributed by atoms with Gasteiger partial charge >= 0.3 is 12.1 Å². The lowest BCUT2D eigenvalue weighted by Crippen LogP contribution is -2.60. The highest BCUT2D eigenvalue weighted by atomic mass is 79.9. The number of ether oxygens (including phenoxy) is 2. The molecule has 2 atom stereocenters. The molecule has 2 fully saturated rings. The van der Waals surface area contributed by atoms with Gasteiger partial charge in [0.25, 0.3) is 0 Å². The van der Waals surface area contributed by atoms with Crippen LogP contribution in [0.1, 0.15) is 29.8 Å². The minimum absolute atomic E-state index is 0.0355. The van der Waals surface area contributed by atoms with Crippen LogP contribution < -0.4 is 0 Å². The summed E-state index contributed by atoms with van der Waals surface area (Å²) in [7, 11) is 0. The van der Waals surface area contributed by atoms with Crippen LogP contribution in [-0.2, 0) is 26.5 Å². The predicted molar refractivity (Wildman–Crippen MR) is 114 cm³/mol. The Hall–Kier alpha value is -1.97. The van der Waals surface area contributed by atoms with Crippen LogP contribution in [0.5, 0.6) is 0 Å². The Kier molecular flexibility index (Phi) is 6.40. The zero-order valence-electron chi connectivity index (χ0n) is 16.3. The van der Waals surface area contributed by atoms with Crippen LogP contribution in [0.15, 0.2) is 40.3 Å². The molecule has 7 nitrogen and oxygen atoms in total. The molecule has 2 aliphatic rings. The second-order valence-corrected chi connectivity index (χ2v) is 9.39. The van der Waals surface area contributed by atoms with E-state index in [2.05, 4.69) is 20.9 Å². The van der Waals surface area contributed by atoms with Gasteiger partial charge in [-0.1, -0.05) is 36.8 Å². The number of piperidine rings is 1. The molecule has 1 aliphatic carbocycles. The average molecular weight is 495 g/mol. The number of benzene rings is 1. The van der Waals surface area contributed by atoms with Crippen molar-refractivity contribution in [2.75, 3.05) is 19.7 Å². The number of rotatable bonds is 6. The third-order valence-corrected chi connectivity index (χ3v) is 7.59. The predicted octanol–water partition coefficient (Wildman–Crippen LogP) is 4.27. The summed E-state index contributed by atoms with van der Waals surface area (Å²) in [6.45, 7) is 0.760. The zero-order valence-corrected chi connectivity index (χ0v) is 18.7. The van der Waals surface area contributed by atoms with E-state index in [4.69, 9.17) is 9.47 Å². The van der Waals surface area contributed by atoms with Crippen molar-refractivity contribution in [2.45, 2.75) is 31.5 Å².